The first-order valence-corrected chi connectivity index (χ1v) is 12.7. The van der Waals surface area contributed by atoms with E-state index in [2.05, 4.69) is 17.0 Å². The van der Waals surface area contributed by atoms with E-state index in [1.54, 1.807) is 24.3 Å². The molecule has 0 saturated heterocycles. The average molecular weight is 501 g/mol. The van der Waals surface area contributed by atoms with Crippen molar-refractivity contribution in [2.75, 3.05) is 19.8 Å². The molecular weight excluding hydrogens is 472 g/mol. The van der Waals surface area contributed by atoms with E-state index >= 15 is 0 Å². The van der Waals surface area contributed by atoms with Crippen molar-refractivity contribution in [1.29, 1.82) is 0 Å². The number of hydrogen-bond donors (Lipinski definition) is 2. The maximum Gasteiger partial charge on any atom is 0.268 e. The number of amides is 1. The third-order valence-corrected chi connectivity index (χ3v) is 7.40. The Bertz CT molecular complexity index is 1540. The molecule has 0 saturated carbocycles. The topological polar surface area (TPSA) is 111 Å². The molecule has 0 fully saturated rings. The summed E-state index contributed by atoms with van der Waals surface area (Å²) in [7, 11) is 0.0725. The Morgan fingerprint density at radius 1 is 0.944 bits per heavy atom. The predicted molar refractivity (Wildman–Crippen MR) is 144 cm³/mol. The van der Waals surface area contributed by atoms with Crippen LogP contribution in [0.3, 0.4) is 0 Å². The van der Waals surface area contributed by atoms with Gasteiger partial charge in [0.15, 0.2) is 0 Å². The lowest BCUT2D eigenvalue weighted by atomic mass is 9.97. The fourth-order valence-corrected chi connectivity index (χ4v) is 5.38. The normalized spacial score (nSPS) is 11.9. The minimum absolute atomic E-state index is 0.120. The lowest BCUT2D eigenvalue weighted by molar-refractivity contribution is -0.113. The smallest absolute Gasteiger partial charge is 0.268 e. The molecule has 1 amide bonds. The number of para-hydroxylation sites is 1. The van der Waals surface area contributed by atoms with Crippen molar-refractivity contribution in [3.05, 3.63) is 102 Å². The molecule has 0 spiro atoms. The summed E-state index contributed by atoms with van der Waals surface area (Å²) in [6.07, 6.45) is 5.52. The Labute approximate surface area is 211 Å². The number of nitrogen functional groups attached to an aromatic ring is 1. The second-order valence-electron chi connectivity index (χ2n) is 8.75. The molecule has 184 valence electrons. The molecule has 7 nitrogen and oxygen atoms in total. The van der Waals surface area contributed by atoms with Gasteiger partial charge >= 0.3 is 0 Å². The van der Waals surface area contributed by atoms with Gasteiger partial charge in [0.05, 0.1) is 4.90 Å². The molecule has 0 aliphatic heterocycles. The van der Waals surface area contributed by atoms with Crippen LogP contribution in [-0.2, 0) is 21.4 Å². The van der Waals surface area contributed by atoms with Crippen molar-refractivity contribution in [2.24, 2.45) is 5.73 Å². The van der Waals surface area contributed by atoms with Crippen LogP contribution in [0.15, 0.2) is 96.2 Å². The predicted octanol–water partition coefficient (Wildman–Crippen LogP) is 4.20. The van der Waals surface area contributed by atoms with E-state index in [-0.39, 0.29) is 4.90 Å². The summed E-state index contributed by atoms with van der Waals surface area (Å²) in [5.74, 6) is -0.613. The molecule has 0 aliphatic carbocycles. The Balaban J connectivity index is 1.82. The van der Waals surface area contributed by atoms with Gasteiger partial charge < -0.3 is 16.4 Å². The Morgan fingerprint density at radius 2 is 1.64 bits per heavy atom. The summed E-state index contributed by atoms with van der Waals surface area (Å²) in [6.45, 7) is 0.830. The summed E-state index contributed by atoms with van der Waals surface area (Å²) >= 11 is 0. The van der Waals surface area contributed by atoms with Gasteiger partial charge in [-0.1, -0.05) is 48.5 Å². The number of carbonyl (C=O) groups excluding carboxylic acids is 1. The van der Waals surface area contributed by atoms with Crippen LogP contribution in [0, 0.1) is 0 Å². The van der Waals surface area contributed by atoms with Crippen LogP contribution in [0.1, 0.15) is 11.1 Å². The van der Waals surface area contributed by atoms with E-state index in [1.807, 2.05) is 50.5 Å². The first-order chi connectivity index (χ1) is 17.1. The molecule has 4 N–H and O–H groups in total. The summed E-state index contributed by atoms with van der Waals surface area (Å²) < 4.78 is 28.5. The zero-order valence-corrected chi connectivity index (χ0v) is 20.9. The van der Waals surface area contributed by atoms with Crippen molar-refractivity contribution in [1.82, 2.24) is 8.87 Å². The molecule has 0 aliphatic rings. The molecule has 0 unspecified atom stereocenters. The molecule has 8 heteroatoms. The first kappa shape index (κ1) is 25.0. The third kappa shape index (κ3) is 5.40. The molecule has 4 rings (SSSR count). The maximum atomic E-state index is 13.7. The van der Waals surface area contributed by atoms with Gasteiger partial charge in [0.1, 0.15) is 0 Å². The van der Waals surface area contributed by atoms with E-state index in [0.29, 0.717) is 22.4 Å². The summed E-state index contributed by atoms with van der Waals surface area (Å²) in [5.41, 5.74) is 16.6. The highest BCUT2D eigenvalue weighted by molar-refractivity contribution is 7.90. The zero-order valence-electron chi connectivity index (χ0n) is 20.1. The molecule has 1 aromatic heterocycles. The van der Waals surface area contributed by atoms with Gasteiger partial charge in [0, 0.05) is 41.8 Å². The van der Waals surface area contributed by atoms with E-state index in [4.69, 9.17) is 11.5 Å². The van der Waals surface area contributed by atoms with E-state index in [9.17, 15) is 13.2 Å². The fourth-order valence-electron chi connectivity index (χ4n) is 3.99. The van der Waals surface area contributed by atoms with Crippen molar-refractivity contribution < 1.29 is 13.2 Å². The number of hydrogen-bond acceptors (Lipinski definition) is 5. The Morgan fingerprint density at radius 3 is 2.31 bits per heavy atom. The number of nitrogens with zero attached hydrogens (tertiary/aromatic N) is 2. The molecule has 3 aromatic carbocycles. The van der Waals surface area contributed by atoms with Gasteiger partial charge in [-0.15, -0.1) is 0 Å². The van der Waals surface area contributed by atoms with Gasteiger partial charge in [-0.25, -0.2) is 12.4 Å². The van der Waals surface area contributed by atoms with Crippen molar-refractivity contribution in [3.8, 4) is 22.3 Å². The molecular formula is C28H28N4O3S. The van der Waals surface area contributed by atoms with Gasteiger partial charge in [0.25, 0.3) is 10.0 Å². The van der Waals surface area contributed by atoms with Crippen LogP contribution in [0.2, 0.25) is 0 Å². The average Bonchev–Trinajstić information content (AvgIpc) is 3.33. The molecule has 36 heavy (non-hydrogen) atoms. The van der Waals surface area contributed by atoms with Crippen molar-refractivity contribution in [2.45, 2.75) is 11.4 Å². The lowest BCUT2D eigenvalue weighted by Crippen LogP contribution is -2.12. The van der Waals surface area contributed by atoms with E-state index < -0.39 is 15.9 Å². The van der Waals surface area contributed by atoms with Crippen LogP contribution in [0.5, 0.6) is 0 Å². The van der Waals surface area contributed by atoms with Gasteiger partial charge in [-0.2, -0.15) is 0 Å². The second kappa shape index (κ2) is 10.2. The number of rotatable bonds is 8. The molecule has 0 bridgehead atoms. The number of carbonyl (C=O) groups is 1. The summed E-state index contributed by atoms with van der Waals surface area (Å²) in [6, 6.07) is 22.3. The fraction of sp³-hybridized carbons (Fsp3) is 0.107. The lowest BCUT2D eigenvalue weighted by Gasteiger charge is -2.16. The Kier molecular flexibility index (Phi) is 7.10. The largest absolute Gasteiger partial charge is 0.398 e. The van der Waals surface area contributed by atoms with E-state index in [1.165, 1.54) is 30.1 Å². The van der Waals surface area contributed by atoms with Gasteiger partial charge in [-0.3, -0.25) is 4.79 Å². The molecule has 4 aromatic rings. The number of benzene rings is 3. The van der Waals surface area contributed by atoms with Crippen LogP contribution in [0.4, 0.5) is 5.69 Å². The summed E-state index contributed by atoms with van der Waals surface area (Å²) in [5, 5.41) is 0. The van der Waals surface area contributed by atoms with Crippen LogP contribution < -0.4 is 11.5 Å². The SMILES string of the molecule is CN(C)Cc1ccc(-c2ccc(S(=O)(=O)n3ccc(/C=C/C(N)=O)c3)c(-c3ccccc3N)c2)cc1. The molecule has 0 radical (unpaired) electrons. The minimum atomic E-state index is -3.97. The standard InChI is InChI=1S/C28H28N4O3S/c1-31(2)18-20-7-10-22(11-8-20)23-12-13-27(25(17-23)24-5-3-4-6-26(24)29)36(34,35)32-16-15-21(19-32)9-14-28(30)33/h3-17,19H,18,29H2,1-2H3,(H2,30,33)/b14-9+. The number of aromatic nitrogens is 1. The summed E-state index contributed by atoms with van der Waals surface area (Å²) in [4.78, 5) is 13.3. The second-order valence-corrected chi connectivity index (χ2v) is 10.6. The van der Waals surface area contributed by atoms with Gasteiger partial charge in [-0.05, 0) is 66.7 Å². The highest BCUT2D eigenvalue weighted by Crippen LogP contribution is 2.36. The van der Waals surface area contributed by atoms with Crippen LogP contribution >= 0.6 is 0 Å². The minimum Gasteiger partial charge on any atom is -0.398 e. The monoisotopic (exact) mass is 500 g/mol. The van der Waals surface area contributed by atoms with Gasteiger partial charge in [0.2, 0.25) is 5.91 Å². The zero-order chi connectivity index (χ0) is 25.9. The highest BCUT2D eigenvalue weighted by Gasteiger charge is 2.23. The third-order valence-electron chi connectivity index (χ3n) is 5.70. The van der Waals surface area contributed by atoms with Crippen LogP contribution in [-0.4, -0.2) is 37.3 Å². The Hall–Kier alpha value is -4.14. The number of anilines is 1. The first-order valence-electron chi connectivity index (χ1n) is 11.3. The molecule has 1 heterocycles. The number of primary amides is 1. The van der Waals surface area contributed by atoms with E-state index in [0.717, 1.165) is 21.6 Å². The van der Waals surface area contributed by atoms with Crippen molar-refractivity contribution in [3.63, 3.8) is 0 Å². The number of nitrogens with two attached hydrogens (primary N) is 2. The van der Waals surface area contributed by atoms with Crippen molar-refractivity contribution >= 4 is 27.7 Å². The quantitative estimate of drug-likeness (QED) is 0.278. The highest BCUT2D eigenvalue weighted by atomic mass is 32.2. The molecule has 0 atom stereocenters. The maximum absolute atomic E-state index is 13.7. The van der Waals surface area contributed by atoms with Crippen LogP contribution in [0.25, 0.3) is 28.3 Å².